The Morgan fingerprint density at radius 1 is 1.33 bits per heavy atom. The number of thiazole rings is 1. The van der Waals surface area contributed by atoms with E-state index in [1.165, 1.54) is 19.2 Å². The number of nitrogen functional groups attached to an aromatic ring is 2. The highest BCUT2D eigenvalue weighted by molar-refractivity contribution is 7.80. The van der Waals surface area contributed by atoms with Crippen molar-refractivity contribution >= 4 is 50.1 Å². The van der Waals surface area contributed by atoms with E-state index in [0.717, 1.165) is 11.3 Å². The van der Waals surface area contributed by atoms with Crippen molar-refractivity contribution in [3.8, 4) is 5.75 Å². The molecule has 1 aromatic heterocycles. The Labute approximate surface area is 227 Å². The fourth-order valence-electron chi connectivity index (χ4n) is 3.64. The van der Waals surface area contributed by atoms with Crippen LogP contribution < -0.4 is 16.2 Å². The fourth-order valence-corrected chi connectivity index (χ4v) is 4.65. The average molecular weight is 585 g/mol. The van der Waals surface area contributed by atoms with Crippen molar-refractivity contribution < 1.29 is 41.5 Å². The zero-order valence-electron chi connectivity index (χ0n) is 20.9. The molecule has 1 aliphatic rings. The van der Waals surface area contributed by atoms with Gasteiger partial charge >= 0.3 is 10.4 Å². The molecule has 212 valence electrons. The van der Waals surface area contributed by atoms with E-state index >= 15 is 0 Å². The number of nitrogens with one attached hydrogen (secondary N) is 1. The third-order valence-corrected chi connectivity index (χ3v) is 6.82. The molecule has 0 radical (unpaired) electrons. The van der Waals surface area contributed by atoms with E-state index in [0.29, 0.717) is 16.4 Å². The monoisotopic (exact) mass is 584 g/mol. The number of anilines is 1. The third-order valence-electron chi connectivity index (χ3n) is 5.81. The Bertz CT molecular complexity index is 1360. The van der Waals surface area contributed by atoms with Crippen LogP contribution in [0.25, 0.3) is 0 Å². The first-order chi connectivity index (χ1) is 18.2. The van der Waals surface area contributed by atoms with Crippen LogP contribution in [0.4, 0.5) is 5.13 Å². The summed E-state index contributed by atoms with van der Waals surface area (Å²) in [5.41, 5.74) is 10.3. The molecule has 1 amide bonds. The number of aromatic nitrogens is 1. The van der Waals surface area contributed by atoms with Crippen molar-refractivity contribution in [2.75, 3.05) is 18.9 Å². The molecule has 15 nitrogen and oxygen atoms in total. The SMILES string of the molecule is CC1(C)[C@H](CC(=O)/C(=N\OC(CCO)COc2ccc(C(=N)N)cc2)c2csc(N)n2)C(=O)N1OS(=O)(=O)O. The molecule has 39 heavy (non-hydrogen) atoms. The van der Waals surface area contributed by atoms with Gasteiger partial charge in [-0.1, -0.05) is 5.16 Å². The van der Waals surface area contributed by atoms with Crippen LogP contribution in [0.1, 0.15) is 37.9 Å². The van der Waals surface area contributed by atoms with Crippen LogP contribution in [0, 0.1) is 11.3 Å². The lowest BCUT2D eigenvalue weighted by Gasteiger charge is -2.50. The molecule has 1 fully saturated rings. The molecule has 17 heteroatoms. The van der Waals surface area contributed by atoms with Crippen LogP contribution in [0.2, 0.25) is 0 Å². The summed E-state index contributed by atoms with van der Waals surface area (Å²) in [6.45, 7) is 2.60. The molecule has 1 saturated heterocycles. The predicted molar refractivity (Wildman–Crippen MR) is 139 cm³/mol. The lowest BCUT2D eigenvalue weighted by atomic mass is 9.74. The van der Waals surface area contributed by atoms with Gasteiger partial charge in [0.2, 0.25) is 0 Å². The number of amides is 1. The zero-order valence-corrected chi connectivity index (χ0v) is 22.6. The number of hydrogen-bond donors (Lipinski definition) is 5. The molecule has 1 aromatic carbocycles. The van der Waals surface area contributed by atoms with E-state index < -0.39 is 46.1 Å². The molecule has 0 aliphatic carbocycles. The van der Waals surface area contributed by atoms with Gasteiger partial charge in [-0.05, 0) is 38.1 Å². The second-order valence-electron chi connectivity index (χ2n) is 8.97. The predicted octanol–water partition coefficient (Wildman–Crippen LogP) is 0.491. The first kappa shape index (κ1) is 29.9. The number of rotatable bonds is 14. The van der Waals surface area contributed by atoms with Crippen LogP contribution in [-0.2, 0) is 29.1 Å². The maximum Gasteiger partial charge on any atom is 0.418 e. The molecule has 7 N–H and O–H groups in total. The van der Waals surface area contributed by atoms with Crippen LogP contribution >= 0.6 is 11.3 Å². The van der Waals surface area contributed by atoms with Gasteiger partial charge in [-0.2, -0.15) is 13.5 Å². The van der Waals surface area contributed by atoms with Gasteiger partial charge in [-0.25, -0.2) is 4.98 Å². The first-order valence-corrected chi connectivity index (χ1v) is 13.6. The number of hydrogen-bond acceptors (Lipinski definition) is 13. The summed E-state index contributed by atoms with van der Waals surface area (Å²) < 4.78 is 41.0. The summed E-state index contributed by atoms with van der Waals surface area (Å²) in [5.74, 6) is -2.13. The lowest BCUT2D eigenvalue weighted by Crippen LogP contribution is -2.68. The van der Waals surface area contributed by atoms with Crippen LogP contribution in [0.5, 0.6) is 5.75 Å². The summed E-state index contributed by atoms with van der Waals surface area (Å²) in [5, 5.41) is 23.0. The number of oxime groups is 1. The highest BCUT2D eigenvalue weighted by atomic mass is 32.3. The third kappa shape index (κ3) is 7.48. The summed E-state index contributed by atoms with van der Waals surface area (Å²) in [7, 11) is -4.95. The number of ether oxygens (including phenoxy) is 1. The van der Waals surface area contributed by atoms with E-state index in [2.05, 4.69) is 14.4 Å². The maximum absolute atomic E-state index is 13.2. The number of hydroxylamine groups is 2. The molecular formula is C22H28N6O9S2. The van der Waals surface area contributed by atoms with Gasteiger partial charge in [0.25, 0.3) is 5.91 Å². The summed E-state index contributed by atoms with van der Waals surface area (Å²) >= 11 is 1.05. The molecule has 2 heterocycles. The second kappa shape index (κ2) is 12.0. The van der Waals surface area contributed by atoms with E-state index in [9.17, 15) is 23.1 Å². The Hall–Kier alpha value is -3.64. The van der Waals surface area contributed by atoms with E-state index in [-0.39, 0.29) is 42.0 Å². The summed E-state index contributed by atoms with van der Waals surface area (Å²) in [6.07, 6.45) is -1.09. The molecule has 1 aliphatic heterocycles. The maximum atomic E-state index is 13.2. The smallest absolute Gasteiger partial charge is 0.418 e. The van der Waals surface area contributed by atoms with E-state index in [4.69, 9.17) is 31.0 Å². The van der Waals surface area contributed by atoms with Crippen molar-refractivity contribution in [3.05, 3.63) is 40.9 Å². The van der Waals surface area contributed by atoms with Crippen molar-refractivity contribution in [2.24, 2.45) is 16.8 Å². The molecule has 2 aromatic rings. The number of carbonyl (C=O) groups excluding carboxylic acids is 2. The van der Waals surface area contributed by atoms with Gasteiger partial charge < -0.3 is 26.1 Å². The second-order valence-corrected chi connectivity index (χ2v) is 10.9. The number of ketones is 1. The topological polar surface area (TPSA) is 241 Å². The minimum Gasteiger partial charge on any atom is -0.490 e. The fraction of sp³-hybridized carbons (Fsp3) is 0.409. The number of nitrogens with zero attached hydrogens (tertiary/aromatic N) is 3. The number of aliphatic hydroxyl groups excluding tert-OH is 1. The Balaban J connectivity index is 1.75. The highest BCUT2D eigenvalue weighted by Crippen LogP contribution is 2.40. The van der Waals surface area contributed by atoms with Gasteiger partial charge in [0.15, 0.2) is 22.7 Å². The van der Waals surface area contributed by atoms with Crippen molar-refractivity contribution in [3.63, 3.8) is 0 Å². The van der Waals surface area contributed by atoms with Gasteiger partial charge in [-0.15, -0.1) is 15.6 Å². The minimum atomic E-state index is -4.95. The summed E-state index contributed by atoms with van der Waals surface area (Å²) in [4.78, 5) is 35.3. The number of aliphatic hydroxyl groups is 1. The molecule has 0 saturated carbocycles. The van der Waals surface area contributed by atoms with Crippen LogP contribution in [0.3, 0.4) is 0 Å². The standard InChI is InChI=1S/C22H28N6O9S2/c1-22(2)15(20(31)28(22)37-39(32,33)34)9-17(30)18(16-11-38-21(25)26-16)27-36-14(7-8-29)10-35-13-5-3-12(4-6-13)19(23)24/h3-6,11,14-15,29H,7-10H2,1-2H3,(H3,23,24)(H2,25,26)(H,32,33,34)/b27-18-/t14?,15-/m1/s1. The first-order valence-electron chi connectivity index (χ1n) is 11.4. The van der Waals surface area contributed by atoms with Crippen LogP contribution in [-0.4, -0.2) is 76.2 Å². The number of nitrogens with two attached hydrogens (primary N) is 2. The van der Waals surface area contributed by atoms with Gasteiger partial charge in [-0.3, -0.25) is 19.6 Å². The van der Waals surface area contributed by atoms with Crippen molar-refractivity contribution in [2.45, 2.75) is 38.3 Å². The van der Waals surface area contributed by atoms with Crippen molar-refractivity contribution in [1.29, 1.82) is 5.41 Å². The van der Waals surface area contributed by atoms with E-state index in [1.807, 2.05) is 0 Å². The lowest BCUT2D eigenvalue weighted by molar-refractivity contribution is -0.228. The molecule has 3 rings (SSSR count). The molecule has 1 unspecified atom stereocenters. The summed E-state index contributed by atoms with van der Waals surface area (Å²) in [6, 6.07) is 6.42. The van der Waals surface area contributed by atoms with Gasteiger partial charge in [0.1, 0.15) is 23.9 Å². The quantitative estimate of drug-likeness (QED) is 0.0670. The van der Waals surface area contributed by atoms with Crippen molar-refractivity contribution in [1.82, 2.24) is 10.0 Å². The number of amidine groups is 1. The number of β-lactam (4-membered cyclic amide) rings is 1. The Morgan fingerprint density at radius 3 is 2.51 bits per heavy atom. The Kier molecular flexibility index (Phi) is 9.23. The zero-order chi connectivity index (χ0) is 29.0. The Morgan fingerprint density at radius 2 is 2.00 bits per heavy atom. The molecule has 0 bridgehead atoms. The normalized spacial score (nSPS) is 17.8. The number of benzene rings is 1. The molecule has 2 atom stereocenters. The number of carbonyl (C=O) groups is 2. The largest absolute Gasteiger partial charge is 0.490 e. The van der Waals surface area contributed by atoms with E-state index in [1.54, 1.807) is 24.3 Å². The number of Topliss-reactive ketones (excluding diaryl/α,β-unsaturated/α-hetero) is 1. The highest BCUT2D eigenvalue weighted by Gasteiger charge is 2.57. The van der Waals surface area contributed by atoms with Crippen LogP contribution in [0.15, 0.2) is 34.8 Å². The molecule has 0 spiro atoms. The minimum absolute atomic E-state index is 0.0553. The van der Waals surface area contributed by atoms with Gasteiger partial charge in [0.05, 0.1) is 11.5 Å². The molecular weight excluding hydrogens is 556 g/mol. The van der Waals surface area contributed by atoms with Gasteiger partial charge in [0, 0.05) is 30.4 Å². The average Bonchev–Trinajstić information content (AvgIpc) is 3.29.